The molecule has 88 valence electrons. The van der Waals surface area contributed by atoms with Gasteiger partial charge in [-0.15, -0.1) is 0 Å². The first-order valence-electron chi connectivity index (χ1n) is 6.13. The lowest BCUT2D eigenvalue weighted by Gasteiger charge is -2.15. The number of nitrogens with one attached hydrogen (secondary N) is 1. The summed E-state index contributed by atoms with van der Waals surface area (Å²) in [5, 5.41) is 12.4. The molecule has 1 rings (SSSR count). The first-order chi connectivity index (χ1) is 7.17. The summed E-state index contributed by atoms with van der Waals surface area (Å²) >= 11 is 0. The monoisotopic (exact) mass is 213 g/mol. The van der Waals surface area contributed by atoms with Crippen molar-refractivity contribution in [3.8, 4) is 0 Å². The van der Waals surface area contributed by atoms with Crippen LogP contribution in [0.3, 0.4) is 0 Å². The van der Waals surface area contributed by atoms with Crippen molar-refractivity contribution in [3.63, 3.8) is 0 Å². The lowest BCUT2D eigenvalue weighted by Crippen LogP contribution is -2.33. The Bertz CT molecular complexity index is 202. The van der Waals surface area contributed by atoms with Crippen LogP contribution < -0.4 is 5.32 Å². The second-order valence-corrected chi connectivity index (χ2v) is 4.59. The standard InChI is InChI=1S/C12H23NO2/c1-3-10(4-2)12(15)13-8-9-5-6-11(14)7-9/h9-11,14H,3-8H2,1-2H3,(H,13,15)/t9-,11+/m1/s1. The summed E-state index contributed by atoms with van der Waals surface area (Å²) < 4.78 is 0. The van der Waals surface area contributed by atoms with Crippen molar-refractivity contribution in [1.29, 1.82) is 0 Å². The number of aliphatic hydroxyl groups is 1. The van der Waals surface area contributed by atoms with Crippen LogP contribution in [-0.2, 0) is 4.79 Å². The summed E-state index contributed by atoms with van der Waals surface area (Å²) in [4.78, 5) is 11.7. The Kier molecular flexibility index (Phi) is 5.09. The number of hydrogen-bond donors (Lipinski definition) is 2. The molecular formula is C12H23NO2. The predicted molar refractivity (Wildman–Crippen MR) is 60.4 cm³/mol. The predicted octanol–water partition coefficient (Wildman–Crippen LogP) is 1.70. The largest absolute Gasteiger partial charge is 0.393 e. The Hall–Kier alpha value is -0.570. The highest BCUT2D eigenvalue weighted by molar-refractivity contribution is 5.78. The second-order valence-electron chi connectivity index (χ2n) is 4.59. The Morgan fingerprint density at radius 1 is 1.40 bits per heavy atom. The van der Waals surface area contributed by atoms with Crippen LogP contribution in [-0.4, -0.2) is 23.7 Å². The van der Waals surface area contributed by atoms with Crippen molar-refractivity contribution >= 4 is 5.91 Å². The third-order valence-corrected chi connectivity index (χ3v) is 3.43. The van der Waals surface area contributed by atoms with Crippen molar-refractivity contribution in [2.24, 2.45) is 11.8 Å². The molecule has 1 saturated carbocycles. The van der Waals surface area contributed by atoms with Crippen LogP contribution >= 0.6 is 0 Å². The molecule has 0 aromatic carbocycles. The van der Waals surface area contributed by atoms with Crippen molar-refractivity contribution in [3.05, 3.63) is 0 Å². The van der Waals surface area contributed by atoms with E-state index in [1.54, 1.807) is 0 Å². The van der Waals surface area contributed by atoms with Crippen LogP contribution in [0.1, 0.15) is 46.0 Å². The molecule has 0 saturated heterocycles. The van der Waals surface area contributed by atoms with Gasteiger partial charge in [-0.2, -0.15) is 0 Å². The fourth-order valence-electron chi connectivity index (χ4n) is 2.28. The van der Waals surface area contributed by atoms with Crippen LogP contribution in [0.15, 0.2) is 0 Å². The summed E-state index contributed by atoms with van der Waals surface area (Å²) in [6.07, 6.45) is 4.48. The van der Waals surface area contributed by atoms with Crippen LogP contribution in [0.5, 0.6) is 0 Å². The first-order valence-corrected chi connectivity index (χ1v) is 6.13. The topological polar surface area (TPSA) is 49.3 Å². The molecule has 0 unspecified atom stereocenters. The van der Waals surface area contributed by atoms with E-state index in [4.69, 9.17) is 0 Å². The third-order valence-electron chi connectivity index (χ3n) is 3.43. The van der Waals surface area contributed by atoms with Crippen LogP contribution in [0.2, 0.25) is 0 Å². The van der Waals surface area contributed by atoms with Gasteiger partial charge in [0.1, 0.15) is 0 Å². The third kappa shape index (κ3) is 3.82. The zero-order chi connectivity index (χ0) is 11.3. The van der Waals surface area contributed by atoms with Gasteiger partial charge in [-0.05, 0) is 38.0 Å². The van der Waals surface area contributed by atoms with Crippen molar-refractivity contribution in [2.45, 2.75) is 52.1 Å². The molecule has 0 heterocycles. The zero-order valence-corrected chi connectivity index (χ0v) is 9.83. The summed E-state index contributed by atoms with van der Waals surface area (Å²) in [7, 11) is 0. The lowest BCUT2D eigenvalue weighted by molar-refractivity contribution is -0.125. The lowest BCUT2D eigenvalue weighted by atomic mass is 10.0. The Morgan fingerprint density at radius 2 is 2.07 bits per heavy atom. The van der Waals surface area contributed by atoms with E-state index >= 15 is 0 Å². The van der Waals surface area contributed by atoms with E-state index in [9.17, 15) is 9.90 Å². The normalized spacial score (nSPS) is 25.9. The molecule has 0 aromatic heterocycles. The Labute approximate surface area is 92.3 Å². The molecule has 1 amide bonds. The number of aliphatic hydroxyl groups excluding tert-OH is 1. The van der Waals surface area contributed by atoms with Gasteiger partial charge < -0.3 is 10.4 Å². The van der Waals surface area contributed by atoms with Crippen molar-refractivity contribution < 1.29 is 9.90 Å². The number of amides is 1. The Morgan fingerprint density at radius 3 is 2.53 bits per heavy atom. The summed E-state index contributed by atoms with van der Waals surface area (Å²) in [6, 6.07) is 0. The first kappa shape index (κ1) is 12.5. The minimum atomic E-state index is -0.139. The van der Waals surface area contributed by atoms with Crippen LogP contribution in [0.25, 0.3) is 0 Å². The fraction of sp³-hybridized carbons (Fsp3) is 0.917. The summed E-state index contributed by atoms with van der Waals surface area (Å²) in [5.74, 6) is 0.830. The number of rotatable bonds is 5. The molecule has 2 atom stereocenters. The smallest absolute Gasteiger partial charge is 0.223 e. The fourth-order valence-corrected chi connectivity index (χ4v) is 2.28. The average Bonchev–Trinajstić information content (AvgIpc) is 2.63. The van der Waals surface area contributed by atoms with Gasteiger partial charge in [-0.3, -0.25) is 4.79 Å². The molecule has 1 aliphatic carbocycles. The number of carbonyl (C=O) groups excluding carboxylic acids is 1. The van der Waals surface area contributed by atoms with E-state index in [0.717, 1.165) is 38.6 Å². The van der Waals surface area contributed by atoms with Gasteiger partial charge >= 0.3 is 0 Å². The van der Waals surface area contributed by atoms with Crippen LogP contribution in [0, 0.1) is 11.8 Å². The van der Waals surface area contributed by atoms with Crippen molar-refractivity contribution in [2.75, 3.05) is 6.54 Å². The summed E-state index contributed by atoms with van der Waals surface area (Å²) in [6.45, 7) is 4.84. The van der Waals surface area contributed by atoms with Gasteiger partial charge in [-0.25, -0.2) is 0 Å². The molecule has 0 radical (unpaired) electrons. The van der Waals surface area contributed by atoms with Crippen molar-refractivity contribution in [1.82, 2.24) is 5.32 Å². The maximum Gasteiger partial charge on any atom is 0.223 e. The van der Waals surface area contributed by atoms with E-state index in [0.29, 0.717) is 5.92 Å². The molecule has 0 aliphatic heterocycles. The quantitative estimate of drug-likeness (QED) is 0.730. The van der Waals surface area contributed by atoms with Crippen LogP contribution in [0.4, 0.5) is 0 Å². The Balaban J connectivity index is 2.21. The van der Waals surface area contributed by atoms with Gasteiger partial charge in [0.2, 0.25) is 5.91 Å². The molecule has 1 fully saturated rings. The van der Waals surface area contributed by atoms with E-state index in [1.165, 1.54) is 0 Å². The highest BCUT2D eigenvalue weighted by Gasteiger charge is 2.23. The van der Waals surface area contributed by atoms with Gasteiger partial charge in [0, 0.05) is 12.5 Å². The average molecular weight is 213 g/mol. The second kappa shape index (κ2) is 6.11. The highest BCUT2D eigenvalue weighted by atomic mass is 16.3. The minimum absolute atomic E-state index is 0.139. The SMILES string of the molecule is CCC(CC)C(=O)NC[C@@H]1CC[C@H](O)C1. The molecule has 0 bridgehead atoms. The molecule has 3 heteroatoms. The maximum atomic E-state index is 11.7. The molecule has 3 nitrogen and oxygen atoms in total. The highest BCUT2D eigenvalue weighted by Crippen LogP contribution is 2.24. The van der Waals surface area contributed by atoms with Gasteiger partial charge in [-0.1, -0.05) is 13.8 Å². The van der Waals surface area contributed by atoms with E-state index in [1.807, 2.05) is 13.8 Å². The maximum absolute atomic E-state index is 11.7. The number of hydrogen-bond acceptors (Lipinski definition) is 2. The van der Waals surface area contributed by atoms with Gasteiger partial charge in [0.15, 0.2) is 0 Å². The molecular weight excluding hydrogens is 190 g/mol. The van der Waals surface area contributed by atoms with E-state index in [2.05, 4.69) is 5.32 Å². The van der Waals surface area contributed by atoms with E-state index < -0.39 is 0 Å². The molecule has 0 spiro atoms. The summed E-state index contributed by atoms with van der Waals surface area (Å²) in [5.41, 5.74) is 0. The molecule has 2 N–H and O–H groups in total. The molecule has 0 aromatic rings. The molecule has 1 aliphatic rings. The minimum Gasteiger partial charge on any atom is -0.393 e. The van der Waals surface area contributed by atoms with E-state index in [-0.39, 0.29) is 17.9 Å². The van der Waals surface area contributed by atoms with Gasteiger partial charge in [0.05, 0.1) is 6.10 Å². The van der Waals surface area contributed by atoms with Gasteiger partial charge in [0.25, 0.3) is 0 Å². The zero-order valence-electron chi connectivity index (χ0n) is 9.83. The number of carbonyl (C=O) groups is 1. The molecule has 15 heavy (non-hydrogen) atoms.